The number of esters is 1. The molecule has 2 heteroatoms. The van der Waals surface area contributed by atoms with E-state index in [4.69, 9.17) is 4.74 Å². The van der Waals surface area contributed by atoms with Gasteiger partial charge in [-0.15, -0.1) is 0 Å². The van der Waals surface area contributed by atoms with Crippen molar-refractivity contribution in [1.29, 1.82) is 0 Å². The topological polar surface area (TPSA) is 26.3 Å². The molecule has 2 rings (SSSR count). The smallest absolute Gasteiger partial charge is 0.313 e. The van der Waals surface area contributed by atoms with E-state index in [0.29, 0.717) is 5.92 Å². The summed E-state index contributed by atoms with van der Waals surface area (Å²) < 4.78 is 5.45. The van der Waals surface area contributed by atoms with Gasteiger partial charge < -0.3 is 4.74 Å². The Kier molecular flexibility index (Phi) is 2.90. The van der Waals surface area contributed by atoms with E-state index < -0.39 is 0 Å². The maximum absolute atomic E-state index is 11.7. The Balaban J connectivity index is 1.80. The van der Waals surface area contributed by atoms with Crippen molar-refractivity contribution in [2.24, 2.45) is 11.8 Å². The molecule has 0 radical (unpaired) electrons. The van der Waals surface area contributed by atoms with Gasteiger partial charge in [0.2, 0.25) is 0 Å². The van der Waals surface area contributed by atoms with E-state index in [0.717, 1.165) is 19.3 Å². The fourth-order valence-corrected chi connectivity index (χ4v) is 2.31. The third-order valence-electron chi connectivity index (χ3n) is 3.19. The zero-order chi connectivity index (χ0) is 9.97. The van der Waals surface area contributed by atoms with Crippen LogP contribution in [-0.2, 0) is 9.53 Å². The van der Waals surface area contributed by atoms with E-state index in [1.807, 2.05) is 6.08 Å². The van der Waals surface area contributed by atoms with Crippen LogP contribution in [0.25, 0.3) is 0 Å². The SMILES string of the molecule is C[C@H]1C=C[C@@H](C(=O)OC2CCCC2)C1. The van der Waals surface area contributed by atoms with Gasteiger partial charge in [0, 0.05) is 0 Å². The summed E-state index contributed by atoms with van der Waals surface area (Å²) in [5.41, 5.74) is 0. The van der Waals surface area contributed by atoms with E-state index in [-0.39, 0.29) is 18.0 Å². The van der Waals surface area contributed by atoms with Crippen molar-refractivity contribution in [2.75, 3.05) is 0 Å². The number of hydrogen-bond donors (Lipinski definition) is 0. The molecule has 78 valence electrons. The lowest BCUT2D eigenvalue weighted by Crippen LogP contribution is -2.20. The monoisotopic (exact) mass is 194 g/mol. The fraction of sp³-hybridized carbons (Fsp3) is 0.750. The van der Waals surface area contributed by atoms with Crippen LogP contribution < -0.4 is 0 Å². The standard InChI is InChI=1S/C12H18O2/c1-9-6-7-10(8-9)12(13)14-11-4-2-3-5-11/h6-7,9-11H,2-5,8H2,1H3/t9-,10+/m0/s1. The van der Waals surface area contributed by atoms with Crippen molar-refractivity contribution >= 4 is 5.97 Å². The molecule has 0 aromatic rings. The second kappa shape index (κ2) is 4.16. The molecule has 0 unspecified atom stereocenters. The minimum Gasteiger partial charge on any atom is -0.462 e. The van der Waals surface area contributed by atoms with E-state index in [9.17, 15) is 4.79 Å². The first-order chi connectivity index (χ1) is 6.75. The molecule has 0 N–H and O–H groups in total. The van der Waals surface area contributed by atoms with Crippen LogP contribution in [-0.4, -0.2) is 12.1 Å². The Hall–Kier alpha value is -0.790. The summed E-state index contributed by atoms with van der Waals surface area (Å²) in [6.45, 7) is 2.14. The third-order valence-corrected chi connectivity index (χ3v) is 3.19. The molecule has 0 amide bonds. The van der Waals surface area contributed by atoms with Crippen LogP contribution in [0.15, 0.2) is 12.2 Å². The van der Waals surface area contributed by atoms with Crippen LogP contribution >= 0.6 is 0 Å². The molecule has 0 saturated heterocycles. The number of carbonyl (C=O) groups excluding carboxylic acids is 1. The van der Waals surface area contributed by atoms with Crippen molar-refractivity contribution in [1.82, 2.24) is 0 Å². The Morgan fingerprint density at radius 2 is 2.00 bits per heavy atom. The molecular formula is C12H18O2. The molecule has 0 aromatic carbocycles. The van der Waals surface area contributed by atoms with Crippen LogP contribution in [0.2, 0.25) is 0 Å². The summed E-state index contributed by atoms with van der Waals surface area (Å²) in [7, 11) is 0. The molecule has 0 spiro atoms. The lowest BCUT2D eigenvalue weighted by molar-refractivity contribution is -0.152. The highest BCUT2D eigenvalue weighted by Crippen LogP contribution is 2.27. The molecule has 0 aromatic heterocycles. The summed E-state index contributed by atoms with van der Waals surface area (Å²) in [4.78, 5) is 11.7. The van der Waals surface area contributed by atoms with Gasteiger partial charge in [-0.2, -0.15) is 0 Å². The van der Waals surface area contributed by atoms with E-state index >= 15 is 0 Å². The largest absolute Gasteiger partial charge is 0.462 e. The first-order valence-corrected chi connectivity index (χ1v) is 5.64. The van der Waals surface area contributed by atoms with E-state index in [2.05, 4.69) is 13.0 Å². The molecule has 2 nitrogen and oxygen atoms in total. The van der Waals surface area contributed by atoms with Crippen molar-refractivity contribution in [3.63, 3.8) is 0 Å². The van der Waals surface area contributed by atoms with Crippen LogP contribution in [0.4, 0.5) is 0 Å². The summed E-state index contributed by atoms with van der Waals surface area (Å²) in [5.74, 6) is 0.569. The second-order valence-corrected chi connectivity index (χ2v) is 4.55. The number of carbonyl (C=O) groups is 1. The predicted molar refractivity (Wildman–Crippen MR) is 54.8 cm³/mol. The van der Waals surface area contributed by atoms with Gasteiger partial charge >= 0.3 is 5.97 Å². The first kappa shape index (κ1) is 9.75. The number of allylic oxidation sites excluding steroid dienone is 1. The molecule has 14 heavy (non-hydrogen) atoms. The predicted octanol–water partition coefficient (Wildman–Crippen LogP) is 2.68. The molecule has 1 saturated carbocycles. The highest BCUT2D eigenvalue weighted by atomic mass is 16.5. The number of ether oxygens (including phenoxy) is 1. The average Bonchev–Trinajstić information content (AvgIpc) is 2.75. The molecular weight excluding hydrogens is 176 g/mol. The van der Waals surface area contributed by atoms with Gasteiger partial charge in [0.1, 0.15) is 6.10 Å². The number of rotatable bonds is 2. The van der Waals surface area contributed by atoms with Crippen molar-refractivity contribution < 1.29 is 9.53 Å². The molecule has 2 atom stereocenters. The molecule has 0 bridgehead atoms. The maximum Gasteiger partial charge on any atom is 0.313 e. The second-order valence-electron chi connectivity index (χ2n) is 4.55. The zero-order valence-electron chi connectivity index (χ0n) is 8.74. The van der Waals surface area contributed by atoms with Gasteiger partial charge in [-0.25, -0.2) is 0 Å². The zero-order valence-corrected chi connectivity index (χ0v) is 8.74. The molecule has 0 aliphatic heterocycles. The Morgan fingerprint density at radius 3 is 2.57 bits per heavy atom. The summed E-state index contributed by atoms with van der Waals surface area (Å²) >= 11 is 0. The first-order valence-electron chi connectivity index (χ1n) is 5.64. The van der Waals surface area contributed by atoms with Crippen LogP contribution in [0.3, 0.4) is 0 Å². The van der Waals surface area contributed by atoms with Crippen molar-refractivity contribution in [2.45, 2.75) is 45.1 Å². The molecule has 0 heterocycles. The Morgan fingerprint density at radius 1 is 1.29 bits per heavy atom. The lowest BCUT2D eigenvalue weighted by atomic mass is 10.1. The highest BCUT2D eigenvalue weighted by Gasteiger charge is 2.27. The fourth-order valence-electron chi connectivity index (χ4n) is 2.31. The van der Waals surface area contributed by atoms with Crippen LogP contribution in [0.5, 0.6) is 0 Å². The molecule has 2 aliphatic carbocycles. The highest BCUT2D eigenvalue weighted by molar-refractivity contribution is 5.75. The van der Waals surface area contributed by atoms with Gasteiger partial charge in [0.15, 0.2) is 0 Å². The van der Waals surface area contributed by atoms with Gasteiger partial charge in [0.25, 0.3) is 0 Å². The van der Waals surface area contributed by atoms with E-state index in [1.165, 1.54) is 12.8 Å². The molecule has 1 fully saturated rings. The van der Waals surface area contributed by atoms with Crippen molar-refractivity contribution in [3.05, 3.63) is 12.2 Å². The maximum atomic E-state index is 11.7. The van der Waals surface area contributed by atoms with Gasteiger partial charge in [-0.05, 0) is 38.0 Å². The minimum absolute atomic E-state index is 0.00231. The van der Waals surface area contributed by atoms with Crippen molar-refractivity contribution in [3.8, 4) is 0 Å². The Labute approximate surface area is 85.3 Å². The Bertz CT molecular complexity index is 239. The summed E-state index contributed by atoms with van der Waals surface area (Å²) in [6.07, 6.45) is 9.83. The van der Waals surface area contributed by atoms with Gasteiger partial charge in [0.05, 0.1) is 5.92 Å². The van der Waals surface area contributed by atoms with Crippen LogP contribution in [0.1, 0.15) is 39.0 Å². The summed E-state index contributed by atoms with van der Waals surface area (Å²) in [5, 5.41) is 0. The number of hydrogen-bond acceptors (Lipinski definition) is 2. The summed E-state index contributed by atoms with van der Waals surface area (Å²) in [6, 6.07) is 0. The quantitative estimate of drug-likeness (QED) is 0.499. The minimum atomic E-state index is -0.00231. The van der Waals surface area contributed by atoms with Crippen LogP contribution in [0, 0.1) is 11.8 Å². The van der Waals surface area contributed by atoms with Gasteiger partial charge in [-0.1, -0.05) is 19.1 Å². The van der Waals surface area contributed by atoms with Gasteiger partial charge in [-0.3, -0.25) is 4.79 Å². The molecule has 2 aliphatic rings. The third kappa shape index (κ3) is 2.17. The average molecular weight is 194 g/mol. The van der Waals surface area contributed by atoms with E-state index in [1.54, 1.807) is 0 Å². The normalized spacial score (nSPS) is 32.4. The lowest BCUT2D eigenvalue weighted by Gasteiger charge is -2.14.